The van der Waals surface area contributed by atoms with E-state index in [0.717, 1.165) is 36.6 Å². The van der Waals surface area contributed by atoms with Crippen molar-refractivity contribution in [3.63, 3.8) is 0 Å². The Morgan fingerprint density at radius 3 is 2.86 bits per heavy atom. The highest BCUT2D eigenvalue weighted by Crippen LogP contribution is 2.28. The van der Waals surface area contributed by atoms with Crippen molar-refractivity contribution in [1.82, 2.24) is 25.0 Å². The Morgan fingerprint density at radius 2 is 2.09 bits per heavy atom. The summed E-state index contributed by atoms with van der Waals surface area (Å²) in [6.07, 6.45) is 8.55. The number of aromatic nitrogens is 3. The number of carbonyl (C=O) groups is 1. The first-order valence-corrected chi connectivity index (χ1v) is 19.3. The van der Waals surface area contributed by atoms with Crippen LogP contribution in [0.4, 0.5) is 10.2 Å². The summed E-state index contributed by atoms with van der Waals surface area (Å²) in [6.45, 7) is 9.87. The summed E-state index contributed by atoms with van der Waals surface area (Å²) < 4.78 is 28.5. The Labute approximate surface area is 260 Å². The van der Waals surface area contributed by atoms with E-state index in [1.807, 2.05) is 17.2 Å². The summed E-state index contributed by atoms with van der Waals surface area (Å²) in [5, 5.41) is 21.1. The lowest BCUT2D eigenvalue weighted by atomic mass is 9.93. The average Bonchev–Trinajstić information content (AvgIpc) is 3.42. The molecule has 1 aromatic carbocycles. The summed E-state index contributed by atoms with van der Waals surface area (Å²) in [5.74, 6) is 0.596. The third-order valence-corrected chi connectivity index (χ3v) is 9.80. The molecule has 3 heterocycles. The molecule has 10 nitrogen and oxygen atoms in total. The van der Waals surface area contributed by atoms with Gasteiger partial charge >= 0.3 is 0 Å². The fraction of sp³-hybridized carbons (Fsp3) is 0.531. The maximum Gasteiger partial charge on any atom is 0.251 e. The van der Waals surface area contributed by atoms with E-state index in [0.29, 0.717) is 61.5 Å². The molecule has 238 valence electrons. The van der Waals surface area contributed by atoms with Gasteiger partial charge in [0, 0.05) is 82.1 Å². The predicted octanol–water partition coefficient (Wildman–Crippen LogP) is 4.42. The van der Waals surface area contributed by atoms with Crippen LogP contribution in [0.15, 0.2) is 42.9 Å². The minimum atomic E-state index is -1.13. The summed E-state index contributed by atoms with van der Waals surface area (Å²) in [4.78, 5) is 19.0. The molecule has 1 amide bonds. The number of anilines is 1. The van der Waals surface area contributed by atoms with E-state index >= 15 is 4.39 Å². The molecule has 0 bridgehead atoms. The molecule has 1 unspecified atom stereocenters. The van der Waals surface area contributed by atoms with Crippen LogP contribution in [0.25, 0.3) is 0 Å². The zero-order chi connectivity index (χ0) is 31.1. The monoisotopic (exact) mass is 624 g/mol. The molecule has 1 aliphatic heterocycles. The second-order valence-corrected chi connectivity index (χ2v) is 18.7. The number of halogens is 1. The molecule has 3 aromatic rings. The first-order chi connectivity index (χ1) is 21.1. The smallest absolute Gasteiger partial charge is 0.251 e. The SMILES string of the molecule is C[Si](C)(C)CCOCn1cc(COc2cc(F)c3c(c2)CCN(CC(O)CNC(=O)c2ccnc(NC4CCC4)c2)C3)cn1. The van der Waals surface area contributed by atoms with Crippen LogP contribution in [-0.2, 0) is 31.0 Å². The van der Waals surface area contributed by atoms with Crippen LogP contribution < -0.4 is 15.4 Å². The van der Waals surface area contributed by atoms with Gasteiger partial charge in [0.1, 0.15) is 30.7 Å². The Bertz CT molecular complexity index is 1410. The number of ether oxygens (including phenoxy) is 2. The van der Waals surface area contributed by atoms with Crippen molar-refractivity contribution in [2.75, 3.05) is 31.6 Å². The van der Waals surface area contributed by atoms with E-state index in [1.54, 1.807) is 29.2 Å². The summed E-state index contributed by atoms with van der Waals surface area (Å²) in [5.41, 5.74) is 2.91. The molecule has 2 aromatic heterocycles. The lowest BCUT2D eigenvalue weighted by molar-refractivity contribution is 0.0784. The molecule has 0 radical (unpaired) electrons. The molecule has 1 fully saturated rings. The molecule has 5 rings (SSSR count). The molecular weight excluding hydrogens is 579 g/mol. The molecule has 3 N–H and O–H groups in total. The largest absolute Gasteiger partial charge is 0.489 e. The van der Waals surface area contributed by atoms with Crippen molar-refractivity contribution in [2.24, 2.45) is 0 Å². The maximum absolute atomic E-state index is 15.1. The summed E-state index contributed by atoms with van der Waals surface area (Å²) in [6, 6.07) is 8.25. The van der Waals surface area contributed by atoms with E-state index in [1.165, 1.54) is 12.5 Å². The topological polar surface area (TPSA) is 114 Å². The van der Waals surface area contributed by atoms with Crippen LogP contribution in [0.5, 0.6) is 5.75 Å². The number of aliphatic hydroxyl groups is 1. The highest BCUT2D eigenvalue weighted by Gasteiger charge is 2.23. The molecule has 1 saturated carbocycles. The number of carbonyl (C=O) groups excluding carboxylic acids is 1. The van der Waals surface area contributed by atoms with Gasteiger partial charge in [-0.25, -0.2) is 14.1 Å². The normalized spacial score (nSPS) is 16.2. The van der Waals surface area contributed by atoms with Gasteiger partial charge in [0.15, 0.2) is 0 Å². The van der Waals surface area contributed by atoms with Crippen LogP contribution in [0, 0.1) is 5.82 Å². The van der Waals surface area contributed by atoms with Gasteiger partial charge < -0.3 is 25.2 Å². The van der Waals surface area contributed by atoms with Crippen LogP contribution in [0.3, 0.4) is 0 Å². The molecule has 1 aliphatic carbocycles. The summed E-state index contributed by atoms with van der Waals surface area (Å²) >= 11 is 0. The second kappa shape index (κ2) is 14.6. The zero-order valence-electron chi connectivity index (χ0n) is 26.0. The van der Waals surface area contributed by atoms with Gasteiger partial charge in [-0.05, 0) is 55.5 Å². The number of fused-ring (bicyclic) bond motifs is 1. The van der Waals surface area contributed by atoms with E-state index in [2.05, 4.69) is 40.4 Å². The lowest BCUT2D eigenvalue weighted by Crippen LogP contribution is -2.42. The van der Waals surface area contributed by atoms with Gasteiger partial charge in [0.05, 0.1) is 12.3 Å². The quantitative estimate of drug-likeness (QED) is 0.168. The number of β-amino-alcohol motifs (C(OH)–C–C–N with tert-alkyl or cyclic N) is 1. The van der Waals surface area contributed by atoms with Crippen molar-refractivity contribution in [3.05, 3.63) is 70.9 Å². The van der Waals surface area contributed by atoms with Gasteiger partial charge in [-0.15, -0.1) is 0 Å². The molecule has 12 heteroatoms. The van der Waals surface area contributed by atoms with Gasteiger partial charge in [-0.3, -0.25) is 9.69 Å². The zero-order valence-corrected chi connectivity index (χ0v) is 27.0. The predicted molar refractivity (Wildman–Crippen MR) is 170 cm³/mol. The summed E-state index contributed by atoms with van der Waals surface area (Å²) in [7, 11) is -1.13. The third kappa shape index (κ3) is 9.34. The Morgan fingerprint density at radius 1 is 1.25 bits per heavy atom. The van der Waals surface area contributed by atoms with E-state index in [4.69, 9.17) is 9.47 Å². The number of benzene rings is 1. The highest BCUT2D eigenvalue weighted by atomic mass is 28.3. The van der Waals surface area contributed by atoms with E-state index in [-0.39, 0.29) is 24.9 Å². The average molecular weight is 625 g/mol. The molecule has 0 spiro atoms. The molecule has 2 aliphatic rings. The minimum absolute atomic E-state index is 0.104. The standard InChI is InChI=1S/C32H45FN6O4Si/c1-44(2,3)12-11-42-22-39-18-23(16-36-39)21-43-28-13-24-8-10-38(20-29(24)30(33)15-28)19-27(40)17-35-32(41)25-7-9-34-31(14-25)37-26-5-4-6-26/h7,9,13-16,18,26-27,40H,4-6,8,10-12,17,19-22H2,1-3H3,(H,34,37)(H,35,41). The highest BCUT2D eigenvalue weighted by molar-refractivity contribution is 6.76. The van der Waals surface area contributed by atoms with Gasteiger partial charge in [-0.1, -0.05) is 19.6 Å². The number of rotatable bonds is 15. The Balaban J connectivity index is 1.05. The number of hydrogen-bond acceptors (Lipinski definition) is 8. The van der Waals surface area contributed by atoms with Gasteiger partial charge in [0.2, 0.25) is 0 Å². The lowest BCUT2D eigenvalue weighted by Gasteiger charge is -2.31. The van der Waals surface area contributed by atoms with E-state index in [9.17, 15) is 9.90 Å². The number of aliphatic hydroxyl groups excluding tert-OH is 1. The van der Waals surface area contributed by atoms with Crippen molar-refractivity contribution in [1.29, 1.82) is 0 Å². The molecule has 0 saturated heterocycles. The molecule has 1 atom stereocenters. The van der Waals surface area contributed by atoms with Crippen molar-refractivity contribution in [2.45, 2.75) is 83.4 Å². The number of nitrogens with one attached hydrogen (secondary N) is 2. The first kappa shape index (κ1) is 32.1. The fourth-order valence-electron chi connectivity index (χ4n) is 5.23. The minimum Gasteiger partial charge on any atom is -0.489 e. The number of amides is 1. The maximum atomic E-state index is 15.1. The second-order valence-electron chi connectivity index (χ2n) is 13.1. The van der Waals surface area contributed by atoms with E-state index < -0.39 is 14.2 Å². The number of nitrogens with zero attached hydrogens (tertiary/aromatic N) is 4. The van der Waals surface area contributed by atoms with Crippen molar-refractivity contribution >= 4 is 19.8 Å². The van der Waals surface area contributed by atoms with Gasteiger partial charge in [-0.2, -0.15) is 5.10 Å². The van der Waals surface area contributed by atoms with Crippen LogP contribution in [0.1, 0.15) is 46.3 Å². The van der Waals surface area contributed by atoms with Crippen molar-refractivity contribution in [3.8, 4) is 5.75 Å². The first-order valence-electron chi connectivity index (χ1n) is 15.6. The number of pyridine rings is 1. The molecular formula is C32H45FN6O4Si. The van der Waals surface area contributed by atoms with Crippen molar-refractivity contribution < 1.29 is 23.8 Å². The Hall–Kier alpha value is -3.32. The Kier molecular flexibility index (Phi) is 10.7. The third-order valence-electron chi connectivity index (χ3n) is 8.10. The molecule has 44 heavy (non-hydrogen) atoms. The van der Waals surface area contributed by atoms with Crippen LogP contribution in [0.2, 0.25) is 25.7 Å². The van der Waals surface area contributed by atoms with Crippen LogP contribution >= 0.6 is 0 Å². The number of hydrogen-bond donors (Lipinski definition) is 3. The van der Waals surface area contributed by atoms with Gasteiger partial charge in [0.25, 0.3) is 5.91 Å². The fourth-order valence-corrected chi connectivity index (χ4v) is 5.99. The van der Waals surface area contributed by atoms with Crippen LogP contribution in [-0.4, -0.2) is 77.1 Å².